The van der Waals surface area contributed by atoms with E-state index in [1.54, 1.807) is 24.3 Å². The molecule has 0 radical (unpaired) electrons. The number of aliphatic carboxylic acids is 1. The van der Waals surface area contributed by atoms with Crippen molar-refractivity contribution in [2.24, 2.45) is 11.8 Å². The van der Waals surface area contributed by atoms with Crippen molar-refractivity contribution in [2.45, 2.75) is 32.5 Å². The van der Waals surface area contributed by atoms with Crippen molar-refractivity contribution in [3.63, 3.8) is 0 Å². The van der Waals surface area contributed by atoms with Gasteiger partial charge in [-0.25, -0.2) is 0 Å². The number of rotatable bonds is 15. The van der Waals surface area contributed by atoms with E-state index < -0.39 is 43.1 Å². The first kappa shape index (κ1) is 26.1. The fraction of sp³-hybridized carbons (Fsp3) is 0.400. The van der Waals surface area contributed by atoms with E-state index in [0.717, 1.165) is 24.5 Å². The van der Waals surface area contributed by atoms with Gasteiger partial charge >= 0.3 is 12.6 Å². The highest BCUT2D eigenvalue weighted by Gasteiger charge is 2.30. The van der Waals surface area contributed by atoms with Gasteiger partial charge in [-0.15, -0.1) is 0 Å². The molecule has 0 amide bonds. The maximum absolute atomic E-state index is 12.7. The van der Waals surface area contributed by atoms with Gasteiger partial charge in [-0.2, -0.15) is 8.78 Å². The molecule has 1 unspecified atom stereocenters. The number of carbonyl (C=O) groups is 3. The summed E-state index contributed by atoms with van der Waals surface area (Å²) < 4.78 is 45.8. The lowest BCUT2D eigenvalue weighted by atomic mass is 9.94. The number of hydrogen-bond acceptors (Lipinski definition) is 7. The van der Waals surface area contributed by atoms with Gasteiger partial charge in [-0.1, -0.05) is 12.1 Å². The van der Waals surface area contributed by atoms with Crippen LogP contribution in [0.3, 0.4) is 0 Å². The van der Waals surface area contributed by atoms with Gasteiger partial charge in [0.2, 0.25) is 0 Å². The van der Waals surface area contributed by atoms with Gasteiger partial charge in [-0.05, 0) is 54.7 Å². The zero-order valence-corrected chi connectivity index (χ0v) is 19.1. The Bertz CT molecular complexity index is 1030. The standard InChI is InChI=1S/C25H26F2O8/c1-32-18-7-4-15(5-8-18)12-33-14-21(29)19(24(30)31)11-20(28)17-6-9-22(35-25(26)27)23(10-17)34-13-16-2-3-16/h4-10,16,19,25H,2-3,11-14H2,1H3,(H,30,31). The molecule has 0 spiro atoms. The van der Waals surface area contributed by atoms with Crippen LogP contribution in [-0.2, 0) is 20.9 Å². The number of halogens is 2. The number of alkyl halides is 2. The van der Waals surface area contributed by atoms with Gasteiger partial charge in [0.25, 0.3) is 0 Å². The second-order valence-electron chi connectivity index (χ2n) is 8.12. The molecule has 2 aromatic carbocycles. The molecule has 1 N–H and O–H groups in total. The molecule has 10 heteroatoms. The predicted molar refractivity (Wildman–Crippen MR) is 119 cm³/mol. The van der Waals surface area contributed by atoms with E-state index in [1.165, 1.54) is 19.2 Å². The summed E-state index contributed by atoms with van der Waals surface area (Å²) in [4.78, 5) is 36.9. The summed E-state index contributed by atoms with van der Waals surface area (Å²) in [6.45, 7) is -3.21. The molecular formula is C25H26F2O8. The number of carbonyl (C=O) groups excluding carboxylic acids is 2. The first-order valence-electron chi connectivity index (χ1n) is 11.0. The first-order chi connectivity index (χ1) is 16.8. The maximum Gasteiger partial charge on any atom is 0.387 e. The number of ether oxygens (including phenoxy) is 4. The van der Waals surface area contributed by atoms with Crippen LogP contribution < -0.4 is 14.2 Å². The van der Waals surface area contributed by atoms with Crippen LogP contribution in [0, 0.1) is 11.8 Å². The van der Waals surface area contributed by atoms with Crippen molar-refractivity contribution in [1.29, 1.82) is 0 Å². The van der Waals surface area contributed by atoms with Gasteiger partial charge in [0.1, 0.15) is 18.3 Å². The molecule has 1 saturated carbocycles. The van der Waals surface area contributed by atoms with Crippen LogP contribution in [0.5, 0.6) is 17.2 Å². The quantitative estimate of drug-likeness (QED) is 0.292. The fourth-order valence-corrected chi connectivity index (χ4v) is 3.21. The summed E-state index contributed by atoms with van der Waals surface area (Å²) in [5.74, 6) is -3.78. The van der Waals surface area contributed by atoms with Crippen molar-refractivity contribution in [2.75, 3.05) is 20.3 Å². The molecule has 0 bridgehead atoms. The third-order valence-electron chi connectivity index (χ3n) is 5.40. The molecule has 0 saturated heterocycles. The van der Waals surface area contributed by atoms with Crippen molar-refractivity contribution in [3.05, 3.63) is 53.6 Å². The summed E-state index contributed by atoms with van der Waals surface area (Å²) >= 11 is 0. The van der Waals surface area contributed by atoms with E-state index in [1.807, 2.05) is 0 Å². The topological polar surface area (TPSA) is 108 Å². The average Bonchev–Trinajstić information content (AvgIpc) is 3.66. The van der Waals surface area contributed by atoms with E-state index in [4.69, 9.17) is 14.2 Å². The van der Waals surface area contributed by atoms with Crippen LogP contribution >= 0.6 is 0 Å². The van der Waals surface area contributed by atoms with Crippen molar-refractivity contribution < 1.29 is 47.2 Å². The van der Waals surface area contributed by atoms with E-state index in [2.05, 4.69) is 4.74 Å². The molecule has 1 aliphatic rings. The van der Waals surface area contributed by atoms with E-state index in [0.29, 0.717) is 18.3 Å². The zero-order chi connectivity index (χ0) is 25.4. The molecule has 1 fully saturated rings. The van der Waals surface area contributed by atoms with Crippen LogP contribution in [0.25, 0.3) is 0 Å². The second kappa shape index (κ2) is 12.3. The Morgan fingerprint density at radius 1 is 1.06 bits per heavy atom. The Balaban J connectivity index is 1.61. The minimum absolute atomic E-state index is 0.0237. The van der Waals surface area contributed by atoms with E-state index >= 15 is 0 Å². The Morgan fingerprint density at radius 2 is 1.77 bits per heavy atom. The Morgan fingerprint density at radius 3 is 2.37 bits per heavy atom. The normalized spacial score (nSPS) is 13.8. The zero-order valence-electron chi connectivity index (χ0n) is 19.1. The van der Waals surface area contributed by atoms with Gasteiger partial charge in [0.05, 0.1) is 20.3 Å². The monoisotopic (exact) mass is 492 g/mol. The van der Waals surface area contributed by atoms with E-state index in [9.17, 15) is 28.3 Å². The lowest BCUT2D eigenvalue weighted by Gasteiger charge is -2.14. The minimum atomic E-state index is -3.08. The van der Waals surface area contributed by atoms with Crippen LogP contribution in [0.1, 0.15) is 35.2 Å². The molecule has 188 valence electrons. The van der Waals surface area contributed by atoms with Crippen LogP contribution in [-0.4, -0.2) is 49.6 Å². The third-order valence-corrected chi connectivity index (χ3v) is 5.40. The summed E-state index contributed by atoms with van der Waals surface area (Å²) in [7, 11) is 1.53. The second-order valence-corrected chi connectivity index (χ2v) is 8.12. The number of carboxylic acid groups (broad SMARTS) is 1. The van der Waals surface area contributed by atoms with Crippen molar-refractivity contribution in [1.82, 2.24) is 0 Å². The first-order valence-corrected chi connectivity index (χ1v) is 11.0. The summed E-state index contributed by atoms with van der Waals surface area (Å²) in [6, 6.07) is 10.5. The maximum atomic E-state index is 12.7. The van der Waals surface area contributed by atoms with Gasteiger partial charge in [0.15, 0.2) is 23.1 Å². The van der Waals surface area contributed by atoms with Gasteiger partial charge in [-0.3, -0.25) is 14.4 Å². The largest absolute Gasteiger partial charge is 0.497 e. The highest BCUT2D eigenvalue weighted by atomic mass is 19.3. The predicted octanol–water partition coefficient (Wildman–Crippen LogP) is 4.14. The molecule has 35 heavy (non-hydrogen) atoms. The number of ketones is 2. The lowest BCUT2D eigenvalue weighted by molar-refractivity contribution is -0.147. The number of benzene rings is 2. The van der Waals surface area contributed by atoms with Crippen LogP contribution in [0.15, 0.2) is 42.5 Å². The van der Waals surface area contributed by atoms with Crippen molar-refractivity contribution >= 4 is 17.5 Å². The molecule has 0 heterocycles. The van der Waals surface area contributed by atoms with Gasteiger partial charge in [0, 0.05) is 12.0 Å². The highest BCUT2D eigenvalue weighted by Crippen LogP contribution is 2.34. The van der Waals surface area contributed by atoms with Crippen molar-refractivity contribution in [3.8, 4) is 17.2 Å². The van der Waals surface area contributed by atoms with Crippen LogP contribution in [0.2, 0.25) is 0 Å². The summed E-state index contributed by atoms with van der Waals surface area (Å²) in [6.07, 6.45) is 1.32. The smallest absolute Gasteiger partial charge is 0.387 e. The molecular weight excluding hydrogens is 466 g/mol. The minimum Gasteiger partial charge on any atom is -0.497 e. The molecule has 0 aliphatic heterocycles. The number of hydrogen-bond donors (Lipinski definition) is 1. The molecule has 1 atom stereocenters. The van der Waals surface area contributed by atoms with Crippen LogP contribution in [0.4, 0.5) is 8.78 Å². The molecule has 8 nitrogen and oxygen atoms in total. The molecule has 0 aromatic heterocycles. The number of methoxy groups -OCH3 is 1. The average molecular weight is 492 g/mol. The lowest BCUT2D eigenvalue weighted by Crippen LogP contribution is -2.29. The fourth-order valence-electron chi connectivity index (χ4n) is 3.21. The Hall–Kier alpha value is -3.53. The van der Waals surface area contributed by atoms with E-state index in [-0.39, 0.29) is 23.7 Å². The molecule has 3 rings (SSSR count). The molecule has 2 aromatic rings. The Kier molecular flexibility index (Phi) is 9.13. The molecule has 1 aliphatic carbocycles. The Labute approximate surface area is 200 Å². The number of carboxylic acids is 1. The summed E-state index contributed by atoms with van der Waals surface area (Å²) in [5.41, 5.74) is 0.780. The SMILES string of the molecule is COc1ccc(COCC(=O)C(CC(=O)c2ccc(OC(F)F)c(OCC3CC3)c2)C(=O)O)cc1. The summed E-state index contributed by atoms with van der Waals surface area (Å²) in [5, 5.41) is 9.49. The third kappa shape index (κ3) is 8.03. The highest BCUT2D eigenvalue weighted by molar-refractivity contribution is 6.06. The number of Topliss-reactive ketones (excluding diaryl/α,β-unsaturated/α-hetero) is 2. The van der Waals surface area contributed by atoms with Gasteiger partial charge < -0.3 is 24.1 Å².